The van der Waals surface area contributed by atoms with Gasteiger partial charge in [0.1, 0.15) is 17.9 Å². The highest BCUT2D eigenvalue weighted by molar-refractivity contribution is 5.87. The van der Waals surface area contributed by atoms with Gasteiger partial charge in [0, 0.05) is 11.9 Å². The van der Waals surface area contributed by atoms with Crippen molar-refractivity contribution in [1.82, 2.24) is 19.5 Å². The Kier molecular flexibility index (Phi) is 4.61. The van der Waals surface area contributed by atoms with Gasteiger partial charge >= 0.3 is 0 Å². The van der Waals surface area contributed by atoms with Crippen LogP contribution in [0.3, 0.4) is 0 Å². The molecule has 3 rings (SSSR count). The van der Waals surface area contributed by atoms with Crippen molar-refractivity contribution in [3.8, 4) is 0 Å². The number of fused-ring (bicyclic) bond motifs is 3. The first kappa shape index (κ1) is 17.2. The van der Waals surface area contributed by atoms with Crippen LogP contribution in [0.15, 0.2) is 29.1 Å². The normalized spacial score (nSPS) is 11.6. The Hall–Kier alpha value is -2.63. The van der Waals surface area contributed by atoms with Crippen LogP contribution in [0.1, 0.15) is 31.7 Å². The van der Waals surface area contributed by atoms with Crippen LogP contribution in [0, 0.1) is 19.8 Å². The van der Waals surface area contributed by atoms with Crippen molar-refractivity contribution in [2.24, 2.45) is 5.92 Å². The van der Waals surface area contributed by atoms with Crippen molar-refractivity contribution in [1.29, 1.82) is 0 Å². The lowest BCUT2D eigenvalue weighted by molar-refractivity contribution is -0.121. The fourth-order valence-electron chi connectivity index (χ4n) is 3.04. The molecule has 0 atom stereocenters. The molecule has 1 N–H and O–H groups in total. The first-order chi connectivity index (χ1) is 11.9. The van der Waals surface area contributed by atoms with Gasteiger partial charge in [0.05, 0.1) is 5.52 Å². The predicted molar refractivity (Wildman–Crippen MR) is 98.9 cm³/mol. The number of hydrogen-bond acceptors (Lipinski definition) is 3. The van der Waals surface area contributed by atoms with Crippen molar-refractivity contribution in [3.63, 3.8) is 0 Å². The van der Waals surface area contributed by atoms with Gasteiger partial charge in [0.15, 0.2) is 0 Å². The van der Waals surface area contributed by atoms with Crippen LogP contribution >= 0.6 is 0 Å². The third kappa shape index (κ3) is 3.43. The number of rotatable bonds is 5. The lowest BCUT2D eigenvalue weighted by Crippen LogP contribution is -2.35. The van der Waals surface area contributed by atoms with E-state index in [1.165, 1.54) is 4.68 Å². The van der Waals surface area contributed by atoms with Crippen molar-refractivity contribution >= 4 is 22.3 Å². The summed E-state index contributed by atoms with van der Waals surface area (Å²) in [5.41, 5.74) is 2.39. The topological polar surface area (TPSA) is 68.4 Å². The van der Waals surface area contributed by atoms with Crippen LogP contribution < -0.4 is 10.9 Å². The second kappa shape index (κ2) is 6.70. The van der Waals surface area contributed by atoms with Gasteiger partial charge in [-0.3, -0.25) is 14.0 Å². The van der Waals surface area contributed by atoms with Gasteiger partial charge in [0.2, 0.25) is 5.91 Å². The Morgan fingerprint density at radius 1 is 1.20 bits per heavy atom. The second-order valence-corrected chi connectivity index (χ2v) is 6.97. The summed E-state index contributed by atoms with van der Waals surface area (Å²) in [6, 6.07) is 7.92. The first-order valence-corrected chi connectivity index (χ1v) is 8.63. The average Bonchev–Trinajstić information content (AvgIpc) is 2.91. The Labute approximate surface area is 146 Å². The molecule has 0 bridgehead atoms. The van der Waals surface area contributed by atoms with Crippen LogP contribution in [-0.4, -0.2) is 26.6 Å². The highest BCUT2D eigenvalue weighted by Gasteiger charge is 2.14. The summed E-state index contributed by atoms with van der Waals surface area (Å²) < 4.78 is 3.10. The summed E-state index contributed by atoms with van der Waals surface area (Å²) in [4.78, 5) is 24.8. The largest absolute Gasteiger partial charge is 0.354 e. The van der Waals surface area contributed by atoms with Gasteiger partial charge in [0.25, 0.3) is 5.56 Å². The maximum atomic E-state index is 12.8. The van der Waals surface area contributed by atoms with Gasteiger partial charge in [-0.15, -0.1) is 0 Å². The third-order valence-electron chi connectivity index (χ3n) is 4.34. The van der Waals surface area contributed by atoms with Crippen molar-refractivity contribution in [3.05, 3.63) is 46.0 Å². The molecule has 0 unspecified atom stereocenters. The Bertz CT molecular complexity index is 998. The average molecular weight is 340 g/mol. The van der Waals surface area contributed by atoms with E-state index in [1.807, 2.05) is 42.5 Å². The minimum atomic E-state index is -0.251. The SMILES string of the molecule is Cc1ccc2c(c1)cc1c(=O)n(CC(=O)NCCC(C)C)nc(C)n12. The number of carbonyl (C=O) groups is 1. The minimum Gasteiger partial charge on any atom is -0.354 e. The number of hydrogen-bond donors (Lipinski definition) is 1. The number of amides is 1. The van der Waals surface area contributed by atoms with Crippen LogP contribution in [0.2, 0.25) is 0 Å². The van der Waals surface area contributed by atoms with E-state index < -0.39 is 0 Å². The minimum absolute atomic E-state index is 0.0607. The van der Waals surface area contributed by atoms with E-state index in [2.05, 4.69) is 24.3 Å². The standard InChI is InChI=1S/C19H24N4O2/c1-12(2)7-8-20-18(24)11-22-19(25)17-10-15-9-13(3)5-6-16(15)23(17)14(4)21-22/h5-6,9-10,12H,7-8,11H2,1-4H3,(H,20,24). The molecule has 0 spiro atoms. The van der Waals surface area contributed by atoms with Crippen molar-refractivity contribution < 1.29 is 4.79 Å². The Balaban J connectivity index is 1.95. The molecule has 0 aliphatic heterocycles. The zero-order chi connectivity index (χ0) is 18.1. The molecule has 2 heterocycles. The van der Waals surface area contributed by atoms with Crippen molar-refractivity contribution in [2.45, 2.75) is 40.7 Å². The summed E-state index contributed by atoms with van der Waals surface area (Å²) >= 11 is 0. The second-order valence-electron chi connectivity index (χ2n) is 6.97. The number of benzene rings is 1. The van der Waals surface area contributed by atoms with Crippen LogP contribution in [0.25, 0.3) is 16.4 Å². The Morgan fingerprint density at radius 3 is 2.68 bits per heavy atom. The summed E-state index contributed by atoms with van der Waals surface area (Å²) in [5.74, 6) is 1.02. The van der Waals surface area contributed by atoms with E-state index in [-0.39, 0.29) is 18.0 Å². The monoisotopic (exact) mass is 340 g/mol. The number of nitrogens with one attached hydrogen (secondary N) is 1. The van der Waals surface area contributed by atoms with Crippen molar-refractivity contribution in [2.75, 3.05) is 6.54 Å². The van der Waals surface area contributed by atoms with Gasteiger partial charge < -0.3 is 5.32 Å². The van der Waals surface area contributed by atoms with E-state index in [9.17, 15) is 9.59 Å². The Morgan fingerprint density at radius 2 is 1.96 bits per heavy atom. The molecule has 0 radical (unpaired) electrons. The molecule has 132 valence electrons. The molecule has 6 nitrogen and oxygen atoms in total. The lowest BCUT2D eigenvalue weighted by Gasteiger charge is -2.10. The number of carbonyl (C=O) groups excluding carboxylic acids is 1. The van der Waals surface area contributed by atoms with Crippen LogP contribution in [0.4, 0.5) is 0 Å². The molecule has 0 saturated carbocycles. The zero-order valence-corrected chi connectivity index (χ0v) is 15.2. The summed E-state index contributed by atoms with van der Waals surface area (Å²) in [6.07, 6.45) is 0.912. The predicted octanol–water partition coefficient (Wildman–Crippen LogP) is 2.43. The molecule has 1 aromatic carbocycles. The molecule has 1 amide bonds. The van der Waals surface area contributed by atoms with E-state index in [0.29, 0.717) is 23.8 Å². The highest BCUT2D eigenvalue weighted by Crippen LogP contribution is 2.20. The number of nitrogens with zero attached hydrogens (tertiary/aromatic N) is 3. The quantitative estimate of drug-likeness (QED) is 0.775. The molecule has 0 aliphatic rings. The molecule has 2 aromatic heterocycles. The van der Waals surface area contributed by atoms with Crippen LogP contribution in [-0.2, 0) is 11.3 Å². The fraction of sp³-hybridized carbons (Fsp3) is 0.421. The molecule has 0 saturated heterocycles. The molecular formula is C19H24N4O2. The number of aryl methyl sites for hydroxylation is 2. The summed E-state index contributed by atoms with van der Waals surface area (Å²) in [5, 5.41) is 8.18. The molecule has 0 aliphatic carbocycles. The smallest absolute Gasteiger partial charge is 0.291 e. The van der Waals surface area contributed by atoms with E-state index in [1.54, 1.807) is 0 Å². The molecule has 0 fully saturated rings. The molecule has 25 heavy (non-hydrogen) atoms. The van der Waals surface area contributed by atoms with Gasteiger partial charge in [-0.1, -0.05) is 25.5 Å². The maximum Gasteiger partial charge on any atom is 0.291 e. The van der Waals surface area contributed by atoms with Gasteiger partial charge in [-0.25, -0.2) is 4.68 Å². The van der Waals surface area contributed by atoms with Gasteiger partial charge in [-0.2, -0.15) is 5.10 Å². The third-order valence-corrected chi connectivity index (χ3v) is 4.34. The van der Waals surface area contributed by atoms with Gasteiger partial charge in [-0.05, 0) is 44.4 Å². The maximum absolute atomic E-state index is 12.8. The summed E-state index contributed by atoms with van der Waals surface area (Å²) in [7, 11) is 0. The zero-order valence-electron chi connectivity index (χ0n) is 15.2. The summed E-state index contributed by atoms with van der Waals surface area (Å²) in [6.45, 7) is 8.63. The first-order valence-electron chi connectivity index (χ1n) is 8.63. The van der Waals surface area contributed by atoms with Crippen LogP contribution in [0.5, 0.6) is 0 Å². The molecule has 6 heteroatoms. The highest BCUT2D eigenvalue weighted by atomic mass is 16.2. The molecular weight excluding hydrogens is 316 g/mol. The number of aromatic nitrogens is 3. The lowest BCUT2D eigenvalue weighted by atomic mass is 10.1. The van der Waals surface area contributed by atoms with E-state index in [4.69, 9.17) is 0 Å². The fourth-order valence-corrected chi connectivity index (χ4v) is 3.04. The molecule has 3 aromatic rings. The van der Waals surface area contributed by atoms with E-state index >= 15 is 0 Å². The van der Waals surface area contributed by atoms with E-state index in [0.717, 1.165) is 22.9 Å².